The van der Waals surface area contributed by atoms with Crippen LogP contribution in [-0.4, -0.2) is 53.3 Å². The van der Waals surface area contributed by atoms with E-state index >= 15 is 0 Å². The molecule has 0 radical (unpaired) electrons. The molecule has 1 aliphatic heterocycles. The van der Waals surface area contributed by atoms with Gasteiger partial charge in [0.1, 0.15) is 5.75 Å². The molecule has 2 heterocycles. The number of benzene rings is 1. The Kier molecular flexibility index (Phi) is 6.08. The van der Waals surface area contributed by atoms with E-state index in [4.69, 9.17) is 9.47 Å². The molecule has 0 bridgehead atoms. The molecule has 3 rings (SSSR count). The maximum absolute atomic E-state index is 12.6. The summed E-state index contributed by atoms with van der Waals surface area (Å²) in [7, 11) is -2.02. The van der Waals surface area contributed by atoms with E-state index in [0.29, 0.717) is 25.5 Å². The van der Waals surface area contributed by atoms with Crippen LogP contribution in [0, 0.1) is 0 Å². The molecule has 25 heavy (non-hydrogen) atoms. The lowest BCUT2D eigenvalue weighted by Crippen LogP contribution is -2.43. The van der Waals surface area contributed by atoms with Gasteiger partial charge in [-0.15, -0.1) is 11.3 Å². The first-order valence-corrected chi connectivity index (χ1v) is 10.5. The van der Waals surface area contributed by atoms with Crippen LogP contribution in [0.15, 0.2) is 46.7 Å². The SMILES string of the molecule is COc1ccc(S(=O)(=O)NC[C@@H](c2cccs2)N2CCOCC2)cc1. The second-order valence-electron chi connectivity index (χ2n) is 5.71. The van der Waals surface area contributed by atoms with Crippen LogP contribution < -0.4 is 9.46 Å². The molecule has 1 N–H and O–H groups in total. The van der Waals surface area contributed by atoms with Gasteiger partial charge in [0, 0.05) is 24.5 Å². The van der Waals surface area contributed by atoms with Crippen LogP contribution in [-0.2, 0) is 14.8 Å². The van der Waals surface area contributed by atoms with Gasteiger partial charge >= 0.3 is 0 Å². The van der Waals surface area contributed by atoms with E-state index in [-0.39, 0.29) is 10.9 Å². The summed E-state index contributed by atoms with van der Waals surface area (Å²) in [5, 5.41) is 2.01. The van der Waals surface area contributed by atoms with Gasteiger partial charge in [-0.05, 0) is 35.7 Å². The third-order valence-electron chi connectivity index (χ3n) is 4.19. The molecule has 1 fully saturated rings. The largest absolute Gasteiger partial charge is 0.497 e. The molecule has 1 aromatic heterocycles. The minimum absolute atomic E-state index is 0.0110. The van der Waals surface area contributed by atoms with Crippen molar-refractivity contribution in [2.24, 2.45) is 0 Å². The highest BCUT2D eigenvalue weighted by Gasteiger charge is 2.25. The Hall–Kier alpha value is -1.45. The van der Waals surface area contributed by atoms with Gasteiger partial charge in [-0.2, -0.15) is 0 Å². The molecule has 2 aromatic rings. The van der Waals surface area contributed by atoms with Crippen molar-refractivity contribution >= 4 is 21.4 Å². The Balaban J connectivity index is 1.73. The Morgan fingerprint density at radius 2 is 1.96 bits per heavy atom. The van der Waals surface area contributed by atoms with E-state index in [1.807, 2.05) is 17.5 Å². The summed E-state index contributed by atoms with van der Waals surface area (Å²) in [4.78, 5) is 3.66. The summed E-state index contributed by atoms with van der Waals surface area (Å²) >= 11 is 1.64. The fourth-order valence-corrected chi connectivity index (χ4v) is 4.71. The maximum Gasteiger partial charge on any atom is 0.240 e. The van der Waals surface area contributed by atoms with E-state index in [2.05, 4.69) is 9.62 Å². The number of sulfonamides is 1. The summed E-state index contributed by atoms with van der Waals surface area (Å²) in [6, 6.07) is 10.4. The molecular formula is C17H22N2O4S2. The number of morpholine rings is 1. The van der Waals surface area contributed by atoms with Crippen LogP contribution in [0.4, 0.5) is 0 Å². The van der Waals surface area contributed by atoms with E-state index < -0.39 is 10.0 Å². The Morgan fingerprint density at radius 1 is 1.24 bits per heavy atom. The molecule has 0 spiro atoms. The predicted molar refractivity (Wildman–Crippen MR) is 97.6 cm³/mol. The van der Waals surface area contributed by atoms with Crippen LogP contribution in [0.2, 0.25) is 0 Å². The van der Waals surface area contributed by atoms with E-state index in [1.54, 1.807) is 42.7 Å². The minimum Gasteiger partial charge on any atom is -0.497 e. The van der Waals surface area contributed by atoms with Crippen molar-refractivity contribution in [1.29, 1.82) is 0 Å². The van der Waals surface area contributed by atoms with Crippen molar-refractivity contribution in [3.63, 3.8) is 0 Å². The molecule has 136 valence electrons. The number of ether oxygens (including phenoxy) is 2. The highest BCUT2D eigenvalue weighted by Crippen LogP contribution is 2.26. The van der Waals surface area contributed by atoms with Crippen LogP contribution in [0.3, 0.4) is 0 Å². The number of thiophene rings is 1. The maximum atomic E-state index is 12.6. The fourth-order valence-electron chi connectivity index (χ4n) is 2.81. The van der Waals surface area contributed by atoms with E-state index in [1.165, 1.54) is 0 Å². The zero-order valence-electron chi connectivity index (χ0n) is 14.1. The van der Waals surface area contributed by atoms with Crippen LogP contribution >= 0.6 is 11.3 Å². The molecule has 1 atom stereocenters. The van der Waals surface area contributed by atoms with Gasteiger partial charge < -0.3 is 9.47 Å². The number of methoxy groups -OCH3 is 1. The Bertz CT molecular complexity index is 754. The minimum atomic E-state index is -3.57. The number of hydrogen-bond acceptors (Lipinski definition) is 6. The van der Waals surface area contributed by atoms with Gasteiger partial charge in [0.2, 0.25) is 10.0 Å². The number of nitrogens with zero attached hydrogens (tertiary/aromatic N) is 1. The second-order valence-corrected chi connectivity index (χ2v) is 8.45. The first kappa shape index (κ1) is 18.3. The van der Waals surface area contributed by atoms with Crippen LogP contribution in [0.1, 0.15) is 10.9 Å². The van der Waals surface area contributed by atoms with Crippen LogP contribution in [0.25, 0.3) is 0 Å². The third-order valence-corrected chi connectivity index (χ3v) is 6.61. The Morgan fingerprint density at radius 3 is 2.56 bits per heavy atom. The van der Waals surface area contributed by atoms with Crippen molar-refractivity contribution in [2.45, 2.75) is 10.9 Å². The summed E-state index contributed by atoms with van der Waals surface area (Å²) in [5.41, 5.74) is 0. The van der Waals surface area contributed by atoms with E-state index in [0.717, 1.165) is 18.0 Å². The topological polar surface area (TPSA) is 67.9 Å². The van der Waals surface area contributed by atoms with Crippen molar-refractivity contribution in [3.8, 4) is 5.75 Å². The zero-order valence-corrected chi connectivity index (χ0v) is 15.7. The number of nitrogens with one attached hydrogen (secondary N) is 1. The summed E-state index contributed by atoms with van der Waals surface area (Å²) < 4.78 is 38.4. The Labute approximate surface area is 152 Å². The van der Waals surface area contributed by atoms with Gasteiger partial charge in [-0.1, -0.05) is 6.07 Å². The summed E-state index contributed by atoms with van der Waals surface area (Å²) in [6.07, 6.45) is 0. The van der Waals surface area contributed by atoms with Crippen molar-refractivity contribution < 1.29 is 17.9 Å². The molecule has 1 saturated heterocycles. The third kappa shape index (κ3) is 4.59. The lowest BCUT2D eigenvalue weighted by Gasteiger charge is -2.34. The predicted octanol–water partition coefficient (Wildman–Crippen LogP) is 2.11. The number of rotatable bonds is 7. The summed E-state index contributed by atoms with van der Waals surface area (Å²) in [5.74, 6) is 0.628. The van der Waals surface area contributed by atoms with E-state index in [9.17, 15) is 8.42 Å². The standard InChI is InChI=1S/C17H22N2O4S2/c1-22-14-4-6-15(7-5-14)25(20,21)18-13-16(17-3-2-12-24-17)19-8-10-23-11-9-19/h2-7,12,16,18H,8-11,13H2,1H3/t16-/m0/s1. The van der Waals surface area contributed by atoms with Crippen LogP contribution in [0.5, 0.6) is 5.75 Å². The van der Waals surface area contributed by atoms with Crippen molar-refractivity contribution in [2.75, 3.05) is 40.0 Å². The first-order valence-electron chi connectivity index (χ1n) is 8.09. The molecule has 0 amide bonds. The van der Waals surface area contributed by atoms with Gasteiger partial charge in [0.05, 0.1) is 31.3 Å². The van der Waals surface area contributed by atoms with Gasteiger partial charge in [-0.3, -0.25) is 4.90 Å². The molecule has 0 aliphatic carbocycles. The number of hydrogen-bond donors (Lipinski definition) is 1. The molecule has 8 heteroatoms. The molecular weight excluding hydrogens is 360 g/mol. The highest BCUT2D eigenvalue weighted by molar-refractivity contribution is 7.89. The fraction of sp³-hybridized carbons (Fsp3) is 0.412. The van der Waals surface area contributed by atoms with Crippen molar-refractivity contribution in [1.82, 2.24) is 9.62 Å². The second kappa shape index (κ2) is 8.29. The van der Waals surface area contributed by atoms with Gasteiger partial charge in [0.25, 0.3) is 0 Å². The monoisotopic (exact) mass is 382 g/mol. The van der Waals surface area contributed by atoms with Gasteiger partial charge in [-0.25, -0.2) is 13.1 Å². The normalized spacial score (nSPS) is 17.3. The van der Waals surface area contributed by atoms with Crippen molar-refractivity contribution in [3.05, 3.63) is 46.7 Å². The smallest absolute Gasteiger partial charge is 0.240 e. The quantitative estimate of drug-likeness (QED) is 0.794. The van der Waals surface area contributed by atoms with Gasteiger partial charge in [0.15, 0.2) is 0 Å². The molecule has 0 unspecified atom stereocenters. The molecule has 0 saturated carbocycles. The average Bonchev–Trinajstić information content (AvgIpc) is 3.17. The molecule has 6 nitrogen and oxygen atoms in total. The zero-order chi connectivity index (χ0) is 17.7. The first-order chi connectivity index (χ1) is 12.1. The molecule has 1 aliphatic rings. The lowest BCUT2D eigenvalue weighted by atomic mass is 10.2. The lowest BCUT2D eigenvalue weighted by molar-refractivity contribution is 0.0179. The average molecular weight is 383 g/mol. The summed E-state index contributed by atoms with van der Waals surface area (Å²) in [6.45, 7) is 3.27. The highest BCUT2D eigenvalue weighted by atomic mass is 32.2. The molecule has 1 aromatic carbocycles.